The van der Waals surface area contributed by atoms with Gasteiger partial charge in [0, 0.05) is 0 Å². The Morgan fingerprint density at radius 2 is 0.833 bits per heavy atom. The molecule has 0 N–H and O–H groups in total. The summed E-state index contributed by atoms with van der Waals surface area (Å²) >= 11 is -0.404. The first kappa shape index (κ1) is 25.4. The van der Waals surface area contributed by atoms with Crippen molar-refractivity contribution in [2.45, 2.75) is 104 Å². The summed E-state index contributed by atoms with van der Waals surface area (Å²) in [5.74, 6) is 0. The van der Waals surface area contributed by atoms with Gasteiger partial charge in [-0.3, -0.25) is 0 Å². The second-order valence-corrected chi connectivity index (χ2v) is 11.3. The molecular formula is C28H42NiS. The van der Waals surface area contributed by atoms with Crippen molar-refractivity contribution in [3.05, 3.63) is 59.7 Å². The van der Waals surface area contributed by atoms with Gasteiger partial charge in [0.15, 0.2) is 0 Å². The first-order valence-corrected chi connectivity index (χ1v) is 14.7. The van der Waals surface area contributed by atoms with E-state index in [1.165, 1.54) is 110 Å². The van der Waals surface area contributed by atoms with Gasteiger partial charge >= 0.3 is 195 Å². The van der Waals surface area contributed by atoms with Gasteiger partial charge in [-0.25, -0.2) is 0 Å². The fourth-order valence-corrected chi connectivity index (χ4v) is 5.76. The topological polar surface area (TPSA) is 0 Å². The third-order valence-electron chi connectivity index (χ3n) is 5.76. The van der Waals surface area contributed by atoms with Crippen molar-refractivity contribution in [1.29, 1.82) is 0 Å². The summed E-state index contributed by atoms with van der Waals surface area (Å²) in [5.41, 5.74) is 2.91. The van der Waals surface area contributed by atoms with Crippen LogP contribution in [-0.2, 0) is 24.7 Å². The zero-order chi connectivity index (χ0) is 21.4. The summed E-state index contributed by atoms with van der Waals surface area (Å²) in [4.78, 5) is 0. The Bertz CT molecular complexity index is 641. The molecule has 0 radical (unpaired) electrons. The number of hydrogen-bond donors (Lipinski definition) is 0. The first-order chi connectivity index (χ1) is 14.7. The molecular weight excluding hydrogens is 427 g/mol. The second kappa shape index (κ2) is 15.9. The van der Waals surface area contributed by atoms with Gasteiger partial charge in [0.25, 0.3) is 0 Å². The fourth-order valence-electron chi connectivity index (χ4n) is 3.80. The van der Waals surface area contributed by atoms with Gasteiger partial charge < -0.3 is 0 Å². The van der Waals surface area contributed by atoms with Crippen molar-refractivity contribution in [3.8, 4) is 0 Å². The van der Waals surface area contributed by atoms with Crippen LogP contribution in [0.4, 0.5) is 0 Å². The Hall–Kier alpha value is -0.846. The minimum atomic E-state index is -0.404. The average molecular weight is 469 g/mol. The quantitative estimate of drug-likeness (QED) is 0.177. The fraction of sp³-hybridized carbons (Fsp3) is 0.571. The molecule has 0 spiro atoms. The molecule has 0 saturated heterocycles. The Balaban J connectivity index is 1.75. The molecule has 0 saturated carbocycles. The van der Waals surface area contributed by atoms with E-state index in [9.17, 15) is 0 Å². The average Bonchev–Trinajstić information content (AvgIpc) is 2.79. The normalized spacial score (nSPS) is 11.6. The van der Waals surface area contributed by atoms with E-state index in [2.05, 4.69) is 62.4 Å². The van der Waals surface area contributed by atoms with Crippen LogP contribution >= 0.6 is 10.7 Å². The predicted octanol–water partition coefficient (Wildman–Crippen LogP) is 8.17. The maximum atomic E-state index is 5.89. The minimum absolute atomic E-state index is 0.404. The van der Waals surface area contributed by atoms with E-state index in [0.717, 1.165) is 0 Å². The monoisotopic (exact) mass is 468 g/mol. The van der Waals surface area contributed by atoms with Gasteiger partial charge in [-0.15, -0.1) is 0 Å². The van der Waals surface area contributed by atoms with Crippen LogP contribution in [0.1, 0.15) is 102 Å². The van der Waals surface area contributed by atoms with E-state index >= 15 is 0 Å². The number of benzene rings is 2. The summed E-state index contributed by atoms with van der Waals surface area (Å²) < 4.78 is 2.58. The number of hydrogen-bond acceptors (Lipinski definition) is 1. The van der Waals surface area contributed by atoms with E-state index < -0.39 is 11.8 Å². The molecule has 0 fully saturated rings. The van der Waals surface area contributed by atoms with E-state index in [0.29, 0.717) is 0 Å². The van der Waals surface area contributed by atoms with Crippen LogP contribution in [0.5, 0.6) is 0 Å². The van der Waals surface area contributed by atoms with Gasteiger partial charge in [0.1, 0.15) is 0 Å². The van der Waals surface area contributed by atoms with E-state index in [1.54, 1.807) is 0 Å². The molecule has 2 rings (SSSR count). The summed E-state index contributed by atoms with van der Waals surface area (Å²) in [7, 11) is 5.89. The standard InChI is InChI=1S/2C14H21.Ni.S/c2*1-2-3-4-5-6-8-11-14-12-9-7-10-13-14;;/h2*9-10,12-13H,2-6,8,11H2,1H3;;. The Morgan fingerprint density at radius 3 is 1.20 bits per heavy atom. The van der Waals surface area contributed by atoms with E-state index in [4.69, 9.17) is 10.7 Å². The van der Waals surface area contributed by atoms with Crippen LogP contribution in [0.15, 0.2) is 48.5 Å². The summed E-state index contributed by atoms with van der Waals surface area (Å²) in [6, 6.07) is 18.2. The Morgan fingerprint density at radius 1 is 0.500 bits per heavy atom. The molecule has 0 aromatic heterocycles. The first-order valence-electron chi connectivity index (χ1n) is 12.2. The molecule has 170 valence electrons. The third kappa shape index (κ3) is 9.97. The van der Waals surface area contributed by atoms with E-state index in [-0.39, 0.29) is 0 Å². The molecule has 2 aromatic rings. The van der Waals surface area contributed by atoms with Crippen LogP contribution in [0.3, 0.4) is 0 Å². The van der Waals surface area contributed by atoms with Crippen molar-refractivity contribution in [2.75, 3.05) is 0 Å². The van der Waals surface area contributed by atoms with E-state index in [1.807, 2.05) is 0 Å². The Kier molecular flexibility index (Phi) is 13.5. The van der Waals surface area contributed by atoms with Crippen molar-refractivity contribution < 1.29 is 11.8 Å². The molecule has 0 aliphatic rings. The summed E-state index contributed by atoms with van der Waals surface area (Å²) in [6.45, 7) is 4.56. The van der Waals surface area contributed by atoms with Crippen LogP contribution in [0.25, 0.3) is 0 Å². The van der Waals surface area contributed by atoms with Gasteiger partial charge in [0.05, 0.1) is 0 Å². The molecule has 0 amide bonds. The molecule has 0 aliphatic carbocycles. The molecule has 2 heteroatoms. The van der Waals surface area contributed by atoms with Crippen LogP contribution < -0.4 is 9.07 Å². The van der Waals surface area contributed by atoms with Crippen molar-refractivity contribution >= 4 is 19.7 Å². The third-order valence-corrected chi connectivity index (χ3v) is 8.68. The molecule has 0 bridgehead atoms. The molecule has 0 unspecified atom stereocenters. The van der Waals surface area contributed by atoms with Gasteiger partial charge in [-0.05, 0) is 0 Å². The maximum absolute atomic E-state index is 5.89. The predicted molar refractivity (Wildman–Crippen MR) is 134 cm³/mol. The van der Waals surface area contributed by atoms with Crippen LogP contribution in [0.2, 0.25) is 0 Å². The van der Waals surface area contributed by atoms with Crippen LogP contribution in [-0.4, -0.2) is 0 Å². The zero-order valence-electron chi connectivity index (χ0n) is 19.2. The van der Waals surface area contributed by atoms with Gasteiger partial charge in [-0.2, -0.15) is 0 Å². The summed E-state index contributed by atoms with van der Waals surface area (Å²) in [5, 5.41) is 0. The molecule has 0 aliphatic heterocycles. The zero-order valence-corrected chi connectivity index (χ0v) is 21.0. The molecule has 0 atom stereocenters. The van der Waals surface area contributed by atoms with Crippen molar-refractivity contribution in [3.63, 3.8) is 0 Å². The number of aryl methyl sites for hydroxylation is 2. The second-order valence-electron chi connectivity index (χ2n) is 8.43. The summed E-state index contributed by atoms with van der Waals surface area (Å²) in [6.07, 6.45) is 18.7. The Labute approximate surface area is 194 Å². The molecule has 30 heavy (non-hydrogen) atoms. The molecule has 0 heterocycles. The number of rotatable bonds is 16. The van der Waals surface area contributed by atoms with Gasteiger partial charge in [-0.1, -0.05) is 0 Å². The van der Waals surface area contributed by atoms with Crippen molar-refractivity contribution in [1.82, 2.24) is 0 Å². The van der Waals surface area contributed by atoms with Crippen molar-refractivity contribution in [2.24, 2.45) is 0 Å². The van der Waals surface area contributed by atoms with Crippen LogP contribution in [0, 0.1) is 0 Å². The number of unbranched alkanes of at least 4 members (excludes halogenated alkanes) is 10. The SMILES string of the molecule is CCCCCCCCc1cc[c]([Ni](=[S])[c]2ccc(CCCCCCCC)cc2)cc1. The molecule has 2 aromatic carbocycles. The molecule has 0 nitrogen and oxygen atoms in total. The van der Waals surface area contributed by atoms with Gasteiger partial charge in [0.2, 0.25) is 0 Å².